The van der Waals surface area contributed by atoms with Crippen molar-refractivity contribution in [2.75, 3.05) is 0 Å². The molecule has 1 aliphatic carbocycles. The molecule has 1 aromatic rings. The molecule has 0 atom stereocenters. The fourth-order valence-corrected chi connectivity index (χ4v) is 2.26. The first-order valence-electron chi connectivity index (χ1n) is 6.63. The van der Waals surface area contributed by atoms with Crippen LogP contribution in [-0.4, -0.2) is 17.9 Å². The van der Waals surface area contributed by atoms with Gasteiger partial charge in [-0.15, -0.1) is 0 Å². The third-order valence-electron chi connectivity index (χ3n) is 3.24. The lowest BCUT2D eigenvalue weighted by molar-refractivity contribution is 0.110. The quantitative estimate of drug-likeness (QED) is 0.756. The summed E-state index contributed by atoms with van der Waals surface area (Å²) in [4.78, 5) is 15.8. The van der Waals surface area contributed by atoms with E-state index in [2.05, 4.69) is 4.99 Å². The topological polar surface area (TPSA) is 38.7 Å². The van der Waals surface area contributed by atoms with Crippen molar-refractivity contribution in [2.45, 2.75) is 45.1 Å². The van der Waals surface area contributed by atoms with Gasteiger partial charge in [-0.05, 0) is 37.7 Å². The molecule has 0 N–H and O–H groups in total. The fraction of sp³-hybridized carbons (Fsp3) is 0.467. The van der Waals surface area contributed by atoms with Gasteiger partial charge in [0.1, 0.15) is 6.10 Å². The standard InChI is InChI=1S/C15H19NO2/c1-2-14(12-8-4-3-5-9-12)16-15(17)18-13-10-6-7-11-13/h3-5,8-9,13H,2,6-7,10-11H2,1H3. The molecule has 1 aromatic carbocycles. The first kappa shape index (κ1) is 12.8. The highest BCUT2D eigenvalue weighted by atomic mass is 16.6. The average molecular weight is 245 g/mol. The summed E-state index contributed by atoms with van der Waals surface area (Å²) in [5.74, 6) is 0. The summed E-state index contributed by atoms with van der Waals surface area (Å²) in [6.45, 7) is 1.99. The van der Waals surface area contributed by atoms with Crippen LogP contribution in [0.3, 0.4) is 0 Å². The van der Waals surface area contributed by atoms with Crippen molar-refractivity contribution in [1.82, 2.24) is 0 Å². The van der Waals surface area contributed by atoms with Gasteiger partial charge in [0.05, 0.1) is 5.71 Å². The molecule has 96 valence electrons. The lowest BCUT2D eigenvalue weighted by atomic mass is 10.1. The van der Waals surface area contributed by atoms with Crippen LogP contribution in [-0.2, 0) is 4.74 Å². The van der Waals surface area contributed by atoms with Gasteiger partial charge in [0, 0.05) is 0 Å². The number of ether oxygens (including phenoxy) is 1. The number of hydrogen-bond acceptors (Lipinski definition) is 2. The Kier molecular flexibility index (Phi) is 4.51. The molecule has 18 heavy (non-hydrogen) atoms. The Balaban J connectivity index is 2.02. The second kappa shape index (κ2) is 6.34. The van der Waals surface area contributed by atoms with Gasteiger partial charge in [-0.3, -0.25) is 0 Å². The summed E-state index contributed by atoms with van der Waals surface area (Å²) in [5.41, 5.74) is 1.78. The predicted octanol–water partition coefficient (Wildman–Crippen LogP) is 3.96. The van der Waals surface area contributed by atoms with Crippen LogP contribution in [0.15, 0.2) is 35.3 Å². The second-order valence-corrected chi connectivity index (χ2v) is 4.57. The molecule has 1 amide bonds. The third kappa shape index (κ3) is 3.42. The van der Waals surface area contributed by atoms with Crippen molar-refractivity contribution in [3.8, 4) is 0 Å². The van der Waals surface area contributed by atoms with Crippen LogP contribution in [0.25, 0.3) is 0 Å². The van der Waals surface area contributed by atoms with Gasteiger partial charge in [-0.1, -0.05) is 37.3 Å². The van der Waals surface area contributed by atoms with E-state index in [0.717, 1.165) is 43.4 Å². The molecule has 1 fully saturated rings. The Morgan fingerprint density at radius 3 is 2.56 bits per heavy atom. The number of benzene rings is 1. The van der Waals surface area contributed by atoms with Crippen molar-refractivity contribution in [3.05, 3.63) is 35.9 Å². The van der Waals surface area contributed by atoms with Gasteiger partial charge in [-0.25, -0.2) is 4.79 Å². The van der Waals surface area contributed by atoms with Crippen LogP contribution in [0, 0.1) is 0 Å². The molecular formula is C15H19NO2. The summed E-state index contributed by atoms with van der Waals surface area (Å²) in [5, 5.41) is 0. The summed E-state index contributed by atoms with van der Waals surface area (Å²) in [7, 11) is 0. The lowest BCUT2D eigenvalue weighted by Gasteiger charge is -2.09. The minimum Gasteiger partial charge on any atom is -0.445 e. The number of rotatable bonds is 3. The van der Waals surface area contributed by atoms with E-state index in [-0.39, 0.29) is 6.10 Å². The zero-order valence-electron chi connectivity index (χ0n) is 10.8. The number of amides is 1. The van der Waals surface area contributed by atoms with Crippen LogP contribution in [0.5, 0.6) is 0 Å². The third-order valence-corrected chi connectivity index (χ3v) is 3.24. The van der Waals surface area contributed by atoms with E-state index in [0.29, 0.717) is 0 Å². The molecule has 0 saturated heterocycles. The highest BCUT2D eigenvalue weighted by Gasteiger charge is 2.19. The van der Waals surface area contributed by atoms with E-state index in [4.69, 9.17) is 4.74 Å². The lowest BCUT2D eigenvalue weighted by Crippen LogP contribution is -2.13. The highest BCUT2D eigenvalue weighted by Crippen LogP contribution is 2.21. The van der Waals surface area contributed by atoms with Crippen LogP contribution >= 0.6 is 0 Å². The minimum absolute atomic E-state index is 0.0788. The summed E-state index contributed by atoms with van der Waals surface area (Å²) in [6, 6.07) is 9.77. The normalized spacial score (nSPS) is 16.8. The molecule has 1 aliphatic rings. The number of carbonyl (C=O) groups is 1. The molecule has 0 heterocycles. The fourth-order valence-electron chi connectivity index (χ4n) is 2.26. The van der Waals surface area contributed by atoms with Crippen LogP contribution in [0.4, 0.5) is 4.79 Å². The Morgan fingerprint density at radius 1 is 1.28 bits per heavy atom. The Labute approximate surface area is 108 Å². The van der Waals surface area contributed by atoms with Crippen molar-refractivity contribution in [3.63, 3.8) is 0 Å². The smallest absolute Gasteiger partial charge is 0.434 e. The zero-order chi connectivity index (χ0) is 12.8. The molecular weight excluding hydrogens is 226 g/mol. The Hall–Kier alpha value is -1.64. The molecule has 1 saturated carbocycles. The SMILES string of the molecule is CCC(=NC(=O)OC1CCCC1)c1ccccc1. The van der Waals surface area contributed by atoms with Crippen molar-refractivity contribution in [1.29, 1.82) is 0 Å². The average Bonchev–Trinajstić information content (AvgIpc) is 2.90. The van der Waals surface area contributed by atoms with Crippen molar-refractivity contribution in [2.24, 2.45) is 4.99 Å². The predicted molar refractivity (Wildman–Crippen MR) is 72.0 cm³/mol. The molecule has 0 unspecified atom stereocenters. The minimum atomic E-state index is -0.442. The summed E-state index contributed by atoms with van der Waals surface area (Å²) < 4.78 is 5.34. The second-order valence-electron chi connectivity index (χ2n) is 4.57. The van der Waals surface area contributed by atoms with Gasteiger partial charge in [0.15, 0.2) is 0 Å². The Bertz CT molecular complexity index is 419. The van der Waals surface area contributed by atoms with Gasteiger partial charge in [0.2, 0.25) is 0 Å². The van der Waals surface area contributed by atoms with E-state index in [9.17, 15) is 4.79 Å². The number of nitrogens with zero attached hydrogens (tertiary/aromatic N) is 1. The first-order valence-corrected chi connectivity index (χ1v) is 6.63. The maximum Gasteiger partial charge on any atom is 0.434 e. The van der Waals surface area contributed by atoms with Gasteiger partial charge < -0.3 is 4.74 Å². The summed E-state index contributed by atoms with van der Waals surface area (Å²) >= 11 is 0. The van der Waals surface area contributed by atoms with E-state index < -0.39 is 6.09 Å². The van der Waals surface area contributed by atoms with Crippen LogP contribution in [0.1, 0.15) is 44.6 Å². The van der Waals surface area contributed by atoms with Crippen molar-refractivity contribution >= 4 is 11.8 Å². The maximum absolute atomic E-state index is 11.7. The highest BCUT2D eigenvalue weighted by molar-refractivity contribution is 6.05. The molecule has 0 radical (unpaired) electrons. The molecule has 3 heteroatoms. The first-order chi connectivity index (χ1) is 8.79. The molecule has 3 nitrogen and oxygen atoms in total. The number of hydrogen-bond donors (Lipinski definition) is 0. The van der Waals surface area contributed by atoms with E-state index in [1.807, 2.05) is 37.3 Å². The van der Waals surface area contributed by atoms with Gasteiger partial charge in [0.25, 0.3) is 0 Å². The molecule has 2 rings (SSSR count). The number of carbonyl (C=O) groups excluding carboxylic acids is 1. The molecule has 0 spiro atoms. The monoisotopic (exact) mass is 245 g/mol. The van der Waals surface area contributed by atoms with Crippen molar-refractivity contribution < 1.29 is 9.53 Å². The van der Waals surface area contributed by atoms with E-state index >= 15 is 0 Å². The molecule has 0 bridgehead atoms. The largest absolute Gasteiger partial charge is 0.445 e. The van der Waals surface area contributed by atoms with Crippen LogP contribution in [0.2, 0.25) is 0 Å². The molecule has 0 aromatic heterocycles. The van der Waals surface area contributed by atoms with Gasteiger partial charge >= 0.3 is 6.09 Å². The maximum atomic E-state index is 11.7. The molecule has 0 aliphatic heterocycles. The van der Waals surface area contributed by atoms with E-state index in [1.165, 1.54) is 0 Å². The van der Waals surface area contributed by atoms with Gasteiger partial charge in [-0.2, -0.15) is 4.99 Å². The van der Waals surface area contributed by atoms with E-state index in [1.54, 1.807) is 0 Å². The summed E-state index contributed by atoms with van der Waals surface area (Å²) in [6.07, 6.45) is 4.63. The zero-order valence-corrected chi connectivity index (χ0v) is 10.8. The Morgan fingerprint density at radius 2 is 1.94 bits per heavy atom. The van der Waals surface area contributed by atoms with Crippen LogP contribution < -0.4 is 0 Å². The number of aliphatic imine (C=N–C) groups is 1.